The van der Waals surface area contributed by atoms with Crippen molar-refractivity contribution in [3.8, 4) is 6.07 Å². The minimum absolute atomic E-state index is 0.263. The van der Waals surface area contributed by atoms with E-state index in [1.807, 2.05) is 17.8 Å². The van der Waals surface area contributed by atoms with Crippen molar-refractivity contribution in [1.29, 1.82) is 5.26 Å². The molecule has 0 radical (unpaired) electrons. The Morgan fingerprint density at radius 2 is 2.11 bits per heavy atom. The van der Waals surface area contributed by atoms with Gasteiger partial charge in [0.25, 0.3) is 0 Å². The van der Waals surface area contributed by atoms with Crippen LogP contribution in [-0.2, 0) is 0 Å². The molecule has 0 saturated heterocycles. The first-order chi connectivity index (χ1) is 9.19. The predicted molar refractivity (Wildman–Crippen MR) is 78.9 cm³/mol. The molecule has 1 N–H and O–H groups in total. The van der Waals surface area contributed by atoms with Crippen molar-refractivity contribution in [2.24, 2.45) is 0 Å². The number of rotatable bonds is 4. The fraction of sp³-hybridized carbons (Fsp3) is 0.533. The van der Waals surface area contributed by atoms with E-state index < -0.39 is 0 Å². The second-order valence-corrected chi connectivity index (χ2v) is 6.38. The first-order valence-electron chi connectivity index (χ1n) is 6.68. The Morgan fingerprint density at radius 3 is 2.74 bits per heavy atom. The van der Waals surface area contributed by atoms with E-state index in [-0.39, 0.29) is 10.6 Å². The van der Waals surface area contributed by atoms with E-state index in [4.69, 9.17) is 5.26 Å². The maximum Gasteiger partial charge on any atom is 0.124 e. The summed E-state index contributed by atoms with van der Waals surface area (Å²) in [7, 11) is 0. The summed E-state index contributed by atoms with van der Waals surface area (Å²) in [6.45, 7) is 0.842. The zero-order valence-electron chi connectivity index (χ0n) is 11.2. The molecule has 0 heterocycles. The smallest absolute Gasteiger partial charge is 0.124 e. The lowest BCUT2D eigenvalue weighted by molar-refractivity contribution is 0.411. The monoisotopic (exact) mass is 278 g/mol. The van der Waals surface area contributed by atoms with Gasteiger partial charge in [-0.15, -0.1) is 0 Å². The minimum Gasteiger partial charge on any atom is -0.383 e. The van der Waals surface area contributed by atoms with Gasteiger partial charge in [0.1, 0.15) is 11.9 Å². The highest BCUT2D eigenvalue weighted by molar-refractivity contribution is 8.00. The molecule has 0 atom stereocenters. The van der Waals surface area contributed by atoms with Crippen LogP contribution in [0.3, 0.4) is 0 Å². The van der Waals surface area contributed by atoms with E-state index in [2.05, 4.69) is 11.6 Å². The number of hydrogen-bond donors (Lipinski definition) is 1. The molecule has 0 bridgehead atoms. The summed E-state index contributed by atoms with van der Waals surface area (Å²) in [4.78, 5) is 0. The standard InChI is InChI=1S/C15H19FN2S/c1-19-15(7-3-2-4-8-15)11-18-14-6-5-13(16)9-12(14)10-17/h5-6,9,18H,2-4,7-8,11H2,1H3. The second kappa shape index (κ2) is 6.29. The Bertz CT molecular complexity index is 476. The van der Waals surface area contributed by atoms with E-state index in [1.54, 1.807) is 6.07 Å². The number of thioether (sulfide) groups is 1. The highest BCUT2D eigenvalue weighted by atomic mass is 32.2. The van der Waals surface area contributed by atoms with Crippen LogP contribution in [0.25, 0.3) is 0 Å². The van der Waals surface area contributed by atoms with Crippen LogP contribution in [0.2, 0.25) is 0 Å². The summed E-state index contributed by atoms with van der Waals surface area (Å²) in [5.74, 6) is -0.362. The summed E-state index contributed by atoms with van der Waals surface area (Å²) < 4.78 is 13.4. The van der Waals surface area contributed by atoms with Crippen molar-refractivity contribution >= 4 is 17.4 Å². The van der Waals surface area contributed by atoms with Crippen molar-refractivity contribution in [1.82, 2.24) is 0 Å². The number of benzene rings is 1. The number of halogens is 1. The number of nitriles is 1. The highest BCUT2D eigenvalue weighted by Gasteiger charge is 2.30. The Balaban J connectivity index is 2.07. The third-order valence-corrected chi connectivity index (χ3v) is 5.32. The van der Waals surface area contributed by atoms with E-state index in [0.717, 1.165) is 12.2 Å². The van der Waals surface area contributed by atoms with Crippen molar-refractivity contribution < 1.29 is 4.39 Å². The van der Waals surface area contributed by atoms with Crippen molar-refractivity contribution in [2.45, 2.75) is 36.9 Å². The lowest BCUT2D eigenvalue weighted by Crippen LogP contribution is -2.35. The Kier molecular flexibility index (Phi) is 4.71. The molecule has 2 rings (SSSR count). The van der Waals surface area contributed by atoms with Crippen molar-refractivity contribution in [3.05, 3.63) is 29.6 Å². The predicted octanol–water partition coefficient (Wildman–Crippen LogP) is 4.18. The molecular weight excluding hydrogens is 259 g/mol. The van der Waals surface area contributed by atoms with Gasteiger partial charge in [-0.1, -0.05) is 19.3 Å². The molecule has 0 amide bonds. The van der Waals surface area contributed by atoms with E-state index in [9.17, 15) is 4.39 Å². The first-order valence-corrected chi connectivity index (χ1v) is 7.90. The number of nitrogens with one attached hydrogen (secondary N) is 1. The lowest BCUT2D eigenvalue weighted by Gasteiger charge is -2.36. The Hall–Kier alpha value is -1.21. The van der Waals surface area contributed by atoms with Crippen LogP contribution in [0.15, 0.2) is 18.2 Å². The second-order valence-electron chi connectivity index (χ2n) is 5.10. The van der Waals surface area contributed by atoms with Gasteiger partial charge in [-0.05, 0) is 37.3 Å². The molecule has 0 unspecified atom stereocenters. The number of hydrogen-bond acceptors (Lipinski definition) is 3. The lowest BCUT2D eigenvalue weighted by atomic mass is 9.88. The number of anilines is 1. The molecule has 1 fully saturated rings. The van der Waals surface area contributed by atoms with E-state index in [1.165, 1.54) is 44.2 Å². The first kappa shape index (κ1) is 14.2. The van der Waals surface area contributed by atoms with Gasteiger partial charge in [0.15, 0.2) is 0 Å². The summed E-state index contributed by atoms with van der Waals surface area (Å²) in [6.07, 6.45) is 8.45. The fourth-order valence-electron chi connectivity index (χ4n) is 2.67. The van der Waals surface area contributed by atoms with Gasteiger partial charge in [0.05, 0.1) is 11.3 Å². The Labute approximate surface area is 118 Å². The zero-order valence-corrected chi connectivity index (χ0v) is 12.0. The molecule has 4 heteroatoms. The van der Waals surface area contributed by atoms with Crippen LogP contribution < -0.4 is 5.32 Å². The van der Waals surface area contributed by atoms with Crippen LogP contribution in [-0.4, -0.2) is 17.5 Å². The van der Waals surface area contributed by atoms with Gasteiger partial charge in [0.2, 0.25) is 0 Å². The maximum absolute atomic E-state index is 13.1. The molecule has 1 aromatic rings. The van der Waals surface area contributed by atoms with Gasteiger partial charge in [-0.25, -0.2) is 4.39 Å². The normalized spacial score (nSPS) is 17.7. The Morgan fingerprint density at radius 1 is 1.37 bits per heavy atom. The molecule has 0 aromatic heterocycles. The zero-order chi connectivity index (χ0) is 13.7. The summed E-state index contributed by atoms with van der Waals surface area (Å²) in [6, 6.07) is 6.39. The largest absolute Gasteiger partial charge is 0.383 e. The van der Waals surface area contributed by atoms with Gasteiger partial charge >= 0.3 is 0 Å². The van der Waals surface area contributed by atoms with Gasteiger partial charge < -0.3 is 5.32 Å². The quantitative estimate of drug-likeness (QED) is 0.897. The van der Waals surface area contributed by atoms with E-state index in [0.29, 0.717) is 5.56 Å². The van der Waals surface area contributed by atoms with Gasteiger partial charge in [-0.3, -0.25) is 0 Å². The third-order valence-electron chi connectivity index (χ3n) is 3.90. The highest BCUT2D eigenvalue weighted by Crippen LogP contribution is 2.38. The SMILES string of the molecule is CSC1(CNc2ccc(F)cc2C#N)CCCCC1. The molecule has 1 saturated carbocycles. The van der Waals surface area contributed by atoms with Crippen LogP contribution in [0.1, 0.15) is 37.7 Å². The van der Waals surface area contributed by atoms with Crippen molar-refractivity contribution in [3.63, 3.8) is 0 Å². The fourth-order valence-corrected chi connectivity index (χ4v) is 3.58. The van der Waals surface area contributed by atoms with Crippen molar-refractivity contribution in [2.75, 3.05) is 18.1 Å². The minimum atomic E-state index is -0.362. The molecule has 0 aliphatic heterocycles. The van der Waals surface area contributed by atoms with Gasteiger partial charge in [-0.2, -0.15) is 17.0 Å². The molecule has 1 aliphatic rings. The van der Waals surface area contributed by atoms with Crippen LogP contribution in [0.4, 0.5) is 10.1 Å². The summed E-state index contributed by atoms with van der Waals surface area (Å²) >= 11 is 1.91. The molecule has 0 spiro atoms. The molecule has 2 nitrogen and oxygen atoms in total. The summed E-state index contributed by atoms with van der Waals surface area (Å²) in [5.41, 5.74) is 1.12. The molecule has 19 heavy (non-hydrogen) atoms. The van der Waals surface area contributed by atoms with Crippen LogP contribution in [0.5, 0.6) is 0 Å². The van der Waals surface area contributed by atoms with Gasteiger partial charge in [0, 0.05) is 11.3 Å². The van der Waals surface area contributed by atoms with E-state index >= 15 is 0 Å². The number of nitrogens with zero attached hydrogens (tertiary/aromatic N) is 1. The van der Waals surface area contributed by atoms with Crippen LogP contribution in [0, 0.1) is 17.1 Å². The third kappa shape index (κ3) is 3.42. The molecule has 102 valence electrons. The average molecular weight is 278 g/mol. The summed E-state index contributed by atoms with van der Waals surface area (Å²) in [5, 5.41) is 12.4. The van der Waals surface area contributed by atoms with Crippen LogP contribution >= 0.6 is 11.8 Å². The average Bonchev–Trinajstić information content (AvgIpc) is 2.47. The topological polar surface area (TPSA) is 35.8 Å². The molecule has 1 aliphatic carbocycles. The maximum atomic E-state index is 13.1. The molecule has 1 aromatic carbocycles. The molecular formula is C15H19FN2S.